The number of benzene rings is 1. The summed E-state index contributed by atoms with van der Waals surface area (Å²) in [5.41, 5.74) is 4.21. The molecule has 0 fully saturated rings. The molecule has 0 saturated carbocycles. The van der Waals surface area contributed by atoms with E-state index in [0.717, 1.165) is 19.8 Å². The quantitative estimate of drug-likeness (QED) is 0.604. The number of fused-ring (bicyclic) bond motifs is 1. The van der Waals surface area contributed by atoms with Crippen LogP contribution in [0.25, 0.3) is 0 Å². The molecular formula is C19H31NO. The molecule has 0 radical (unpaired) electrons. The van der Waals surface area contributed by atoms with E-state index in [2.05, 4.69) is 37.4 Å². The second-order valence-electron chi connectivity index (χ2n) is 6.23. The highest BCUT2D eigenvalue weighted by Gasteiger charge is 2.15. The number of hydrogen-bond donors (Lipinski definition) is 1. The maximum Gasteiger partial charge on any atom is 0.0725 e. The third-order valence-electron chi connectivity index (χ3n) is 4.38. The highest BCUT2D eigenvalue weighted by atomic mass is 16.5. The average Bonchev–Trinajstić information content (AvgIpc) is 2.97. The van der Waals surface area contributed by atoms with Crippen LogP contribution in [0.15, 0.2) is 18.2 Å². The van der Waals surface area contributed by atoms with Gasteiger partial charge in [-0.2, -0.15) is 0 Å². The molecule has 0 amide bonds. The Hall–Kier alpha value is -0.860. The molecule has 1 heterocycles. The van der Waals surface area contributed by atoms with Gasteiger partial charge >= 0.3 is 0 Å². The molecule has 2 rings (SSSR count). The largest absolute Gasteiger partial charge is 0.372 e. The molecule has 118 valence electrons. The SMILES string of the molecule is CCCCCCCC(NCCC)c1ccc2c(c1)COC2. The minimum Gasteiger partial charge on any atom is -0.372 e. The highest BCUT2D eigenvalue weighted by molar-refractivity contribution is 5.34. The fourth-order valence-corrected chi connectivity index (χ4v) is 3.07. The van der Waals surface area contributed by atoms with E-state index in [1.165, 1.54) is 61.6 Å². The first kappa shape index (κ1) is 16.5. The maximum absolute atomic E-state index is 5.54. The zero-order valence-corrected chi connectivity index (χ0v) is 13.8. The van der Waals surface area contributed by atoms with E-state index < -0.39 is 0 Å². The van der Waals surface area contributed by atoms with Crippen LogP contribution in [0, 0.1) is 0 Å². The Balaban J connectivity index is 1.91. The zero-order chi connectivity index (χ0) is 14.9. The van der Waals surface area contributed by atoms with Crippen LogP contribution in [-0.4, -0.2) is 6.54 Å². The molecule has 1 unspecified atom stereocenters. The van der Waals surface area contributed by atoms with Crippen LogP contribution in [0.3, 0.4) is 0 Å². The van der Waals surface area contributed by atoms with Crippen molar-refractivity contribution in [3.05, 3.63) is 34.9 Å². The van der Waals surface area contributed by atoms with Crippen molar-refractivity contribution in [3.63, 3.8) is 0 Å². The van der Waals surface area contributed by atoms with Gasteiger partial charge in [0, 0.05) is 6.04 Å². The van der Waals surface area contributed by atoms with Gasteiger partial charge < -0.3 is 10.1 Å². The lowest BCUT2D eigenvalue weighted by molar-refractivity contribution is 0.134. The lowest BCUT2D eigenvalue weighted by Crippen LogP contribution is -2.22. The predicted octanol–water partition coefficient (Wildman–Crippen LogP) is 5.12. The minimum atomic E-state index is 0.512. The second-order valence-corrected chi connectivity index (χ2v) is 6.23. The fraction of sp³-hybridized carbons (Fsp3) is 0.684. The number of rotatable bonds is 10. The van der Waals surface area contributed by atoms with Crippen molar-refractivity contribution in [3.8, 4) is 0 Å². The Morgan fingerprint density at radius 3 is 2.62 bits per heavy atom. The Labute approximate surface area is 130 Å². The first-order valence-electron chi connectivity index (χ1n) is 8.78. The van der Waals surface area contributed by atoms with E-state index in [0.29, 0.717) is 6.04 Å². The number of nitrogens with one attached hydrogen (secondary N) is 1. The third-order valence-corrected chi connectivity index (χ3v) is 4.38. The van der Waals surface area contributed by atoms with E-state index >= 15 is 0 Å². The number of unbranched alkanes of at least 4 members (excludes halogenated alkanes) is 4. The van der Waals surface area contributed by atoms with Crippen molar-refractivity contribution in [2.75, 3.05) is 6.54 Å². The fourth-order valence-electron chi connectivity index (χ4n) is 3.07. The van der Waals surface area contributed by atoms with Crippen LogP contribution in [-0.2, 0) is 18.0 Å². The van der Waals surface area contributed by atoms with Gasteiger partial charge in [-0.3, -0.25) is 0 Å². The van der Waals surface area contributed by atoms with Gasteiger partial charge in [0.25, 0.3) is 0 Å². The van der Waals surface area contributed by atoms with Crippen LogP contribution >= 0.6 is 0 Å². The first-order valence-corrected chi connectivity index (χ1v) is 8.78. The summed E-state index contributed by atoms with van der Waals surface area (Å²) in [6.07, 6.45) is 9.23. The van der Waals surface area contributed by atoms with Crippen molar-refractivity contribution in [1.82, 2.24) is 5.32 Å². The molecule has 0 saturated heterocycles. The van der Waals surface area contributed by atoms with Crippen molar-refractivity contribution in [1.29, 1.82) is 0 Å². The van der Waals surface area contributed by atoms with Gasteiger partial charge in [-0.25, -0.2) is 0 Å². The Morgan fingerprint density at radius 2 is 1.81 bits per heavy atom. The van der Waals surface area contributed by atoms with Gasteiger partial charge in [-0.05, 0) is 36.1 Å². The van der Waals surface area contributed by atoms with Crippen LogP contribution in [0.5, 0.6) is 0 Å². The van der Waals surface area contributed by atoms with E-state index in [9.17, 15) is 0 Å². The summed E-state index contributed by atoms with van der Waals surface area (Å²) >= 11 is 0. The normalized spacial score (nSPS) is 15.1. The molecule has 2 nitrogen and oxygen atoms in total. The molecule has 1 atom stereocenters. The maximum atomic E-state index is 5.54. The third kappa shape index (κ3) is 5.12. The summed E-state index contributed by atoms with van der Waals surface area (Å²) < 4.78 is 5.54. The van der Waals surface area contributed by atoms with Crippen molar-refractivity contribution >= 4 is 0 Å². The predicted molar refractivity (Wildman–Crippen MR) is 89.3 cm³/mol. The molecular weight excluding hydrogens is 258 g/mol. The zero-order valence-electron chi connectivity index (χ0n) is 13.8. The minimum absolute atomic E-state index is 0.512. The molecule has 0 aromatic heterocycles. The smallest absolute Gasteiger partial charge is 0.0725 e. The molecule has 21 heavy (non-hydrogen) atoms. The van der Waals surface area contributed by atoms with Crippen LogP contribution < -0.4 is 5.32 Å². The van der Waals surface area contributed by atoms with Gasteiger partial charge in [0.1, 0.15) is 0 Å². The number of ether oxygens (including phenoxy) is 1. The summed E-state index contributed by atoms with van der Waals surface area (Å²) in [7, 11) is 0. The first-order chi connectivity index (χ1) is 10.3. The second kappa shape index (κ2) is 9.22. The van der Waals surface area contributed by atoms with Crippen LogP contribution in [0.1, 0.15) is 81.5 Å². The highest BCUT2D eigenvalue weighted by Crippen LogP contribution is 2.26. The van der Waals surface area contributed by atoms with Gasteiger partial charge in [0.2, 0.25) is 0 Å². The molecule has 0 bridgehead atoms. The number of hydrogen-bond acceptors (Lipinski definition) is 2. The molecule has 1 aromatic carbocycles. The van der Waals surface area contributed by atoms with Gasteiger partial charge in [-0.15, -0.1) is 0 Å². The van der Waals surface area contributed by atoms with E-state index in [1.54, 1.807) is 0 Å². The monoisotopic (exact) mass is 289 g/mol. The van der Waals surface area contributed by atoms with E-state index in [1.807, 2.05) is 0 Å². The summed E-state index contributed by atoms with van der Waals surface area (Å²) in [6, 6.07) is 7.43. The molecule has 0 spiro atoms. The van der Waals surface area contributed by atoms with E-state index in [-0.39, 0.29) is 0 Å². The van der Waals surface area contributed by atoms with Crippen LogP contribution in [0.4, 0.5) is 0 Å². The topological polar surface area (TPSA) is 21.3 Å². The molecule has 2 heteroatoms. The molecule has 1 aliphatic rings. The molecule has 1 N–H and O–H groups in total. The molecule has 0 aliphatic carbocycles. The van der Waals surface area contributed by atoms with Gasteiger partial charge in [-0.1, -0.05) is 64.2 Å². The summed E-state index contributed by atoms with van der Waals surface area (Å²) in [5.74, 6) is 0. The Morgan fingerprint density at radius 1 is 1.00 bits per heavy atom. The van der Waals surface area contributed by atoms with Gasteiger partial charge in [0.05, 0.1) is 13.2 Å². The standard InChI is InChI=1S/C19H31NO/c1-3-5-6-7-8-9-19(20-12-4-2)16-10-11-17-14-21-15-18(17)13-16/h10-11,13,19-20H,3-9,12,14-15H2,1-2H3. The molecule has 1 aromatic rings. The van der Waals surface area contributed by atoms with E-state index in [4.69, 9.17) is 4.74 Å². The summed E-state index contributed by atoms with van der Waals surface area (Å²) in [4.78, 5) is 0. The summed E-state index contributed by atoms with van der Waals surface area (Å²) in [5, 5.41) is 3.73. The molecule has 1 aliphatic heterocycles. The van der Waals surface area contributed by atoms with Gasteiger partial charge in [0.15, 0.2) is 0 Å². The van der Waals surface area contributed by atoms with Crippen molar-refractivity contribution in [2.45, 2.75) is 78.0 Å². The summed E-state index contributed by atoms with van der Waals surface area (Å²) in [6.45, 7) is 7.20. The van der Waals surface area contributed by atoms with Crippen LogP contribution in [0.2, 0.25) is 0 Å². The lowest BCUT2D eigenvalue weighted by Gasteiger charge is -2.20. The average molecular weight is 289 g/mol. The van der Waals surface area contributed by atoms with Crippen molar-refractivity contribution < 1.29 is 4.74 Å². The Bertz CT molecular complexity index is 416. The Kier molecular flexibility index (Phi) is 7.25. The van der Waals surface area contributed by atoms with Crippen molar-refractivity contribution in [2.24, 2.45) is 0 Å². The lowest BCUT2D eigenvalue weighted by atomic mass is 9.96.